The second-order valence-corrected chi connectivity index (χ2v) is 9.03. The first kappa shape index (κ1) is 20.0. The molecule has 168 valence electrons. The summed E-state index contributed by atoms with van der Waals surface area (Å²) in [6.45, 7) is 6.54. The van der Waals surface area contributed by atoms with Crippen molar-refractivity contribution in [2.75, 3.05) is 18.0 Å². The highest BCUT2D eigenvalue weighted by Crippen LogP contribution is 2.32. The van der Waals surface area contributed by atoms with Gasteiger partial charge in [-0.2, -0.15) is 10.1 Å². The Morgan fingerprint density at radius 2 is 2.06 bits per heavy atom. The fourth-order valence-electron chi connectivity index (χ4n) is 4.47. The van der Waals surface area contributed by atoms with Crippen LogP contribution < -0.4 is 9.64 Å². The lowest BCUT2D eigenvalue weighted by Crippen LogP contribution is -2.25. The van der Waals surface area contributed by atoms with E-state index in [2.05, 4.69) is 49.2 Å². The second-order valence-electron chi connectivity index (χ2n) is 8.11. The zero-order chi connectivity index (χ0) is 22.5. The number of rotatable bonds is 5. The van der Waals surface area contributed by atoms with Gasteiger partial charge < -0.3 is 14.2 Å². The SMILES string of the molecule is CCn1ncc(-c2nc3c(O[C@H]4CCN(c5ncnc6ccsc56)C4)ncnc3n2C)c1C. The van der Waals surface area contributed by atoms with Crippen LogP contribution in [0.15, 0.2) is 30.3 Å². The molecular formula is C22H23N9OS. The largest absolute Gasteiger partial charge is 0.471 e. The van der Waals surface area contributed by atoms with E-state index in [-0.39, 0.29) is 6.10 Å². The Morgan fingerprint density at radius 3 is 2.91 bits per heavy atom. The number of thiophene rings is 1. The first-order chi connectivity index (χ1) is 16.1. The summed E-state index contributed by atoms with van der Waals surface area (Å²) in [6.07, 6.45) is 5.89. The predicted octanol–water partition coefficient (Wildman–Crippen LogP) is 3.22. The highest BCUT2D eigenvalue weighted by molar-refractivity contribution is 7.17. The lowest BCUT2D eigenvalue weighted by molar-refractivity contribution is 0.218. The van der Waals surface area contributed by atoms with E-state index in [1.807, 2.05) is 28.6 Å². The molecule has 0 N–H and O–H groups in total. The Kier molecular flexibility index (Phi) is 4.72. The van der Waals surface area contributed by atoms with Crippen LogP contribution in [0, 0.1) is 6.92 Å². The normalized spacial score (nSPS) is 16.3. The molecule has 0 bridgehead atoms. The molecule has 10 nitrogen and oxygen atoms in total. The number of imidazole rings is 1. The summed E-state index contributed by atoms with van der Waals surface area (Å²) in [5.41, 5.74) is 4.44. The van der Waals surface area contributed by atoms with Crippen molar-refractivity contribution in [1.29, 1.82) is 0 Å². The van der Waals surface area contributed by atoms with Crippen LogP contribution in [0.25, 0.3) is 32.8 Å². The van der Waals surface area contributed by atoms with Gasteiger partial charge >= 0.3 is 0 Å². The molecule has 0 aromatic carbocycles. The summed E-state index contributed by atoms with van der Waals surface area (Å²) in [5.74, 6) is 2.29. The molecule has 1 saturated heterocycles. The van der Waals surface area contributed by atoms with Gasteiger partial charge in [-0.1, -0.05) is 0 Å². The van der Waals surface area contributed by atoms with Crippen LogP contribution >= 0.6 is 11.3 Å². The Bertz CT molecular complexity index is 1470. The van der Waals surface area contributed by atoms with Crippen LogP contribution in [0.2, 0.25) is 0 Å². The molecule has 6 rings (SSSR count). The molecule has 0 radical (unpaired) electrons. The van der Waals surface area contributed by atoms with Crippen LogP contribution in [-0.2, 0) is 13.6 Å². The number of hydrogen-bond acceptors (Lipinski definition) is 9. The maximum atomic E-state index is 6.37. The summed E-state index contributed by atoms with van der Waals surface area (Å²) in [5, 5.41) is 6.51. The molecule has 1 aliphatic heterocycles. The molecule has 1 aliphatic rings. The van der Waals surface area contributed by atoms with Gasteiger partial charge in [-0.15, -0.1) is 11.3 Å². The molecule has 0 aliphatic carbocycles. The monoisotopic (exact) mass is 461 g/mol. The van der Waals surface area contributed by atoms with Crippen molar-refractivity contribution >= 4 is 38.5 Å². The summed E-state index contributed by atoms with van der Waals surface area (Å²) in [6, 6.07) is 2.03. The first-order valence-electron chi connectivity index (χ1n) is 10.9. The Hall–Kier alpha value is -3.60. The molecule has 1 fully saturated rings. The van der Waals surface area contributed by atoms with Gasteiger partial charge in [-0.05, 0) is 25.3 Å². The van der Waals surface area contributed by atoms with E-state index in [9.17, 15) is 0 Å². The molecule has 5 aromatic heterocycles. The highest BCUT2D eigenvalue weighted by atomic mass is 32.1. The van der Waals surface area contributed by atoms with Crippen molar-refractivity contribution in [2.24, 2.45) is 7.05 Å². The average molecular weight is 462 g/mol. The molecule has 0 amide bonds. The van der Waals surface area contributed by atoms with Gasteiger partial charge in [0.15, 0.2) is 11.2 Å². The highest BCUT2D eigenvalue weighted by Gasteiger charge is 2.28. The summed E-state index contributed by atoms with van der Waals surface area (Å²) in [7, 11) is 1.96. The minimum atomic E-state index is -0.0110. The van der Waals surface area contributed by atoms with Gasteiger partial charge in [0.2, 0.25) is 5.88 Å². The minimum Gasteiger partial charge on any atom is -0.471 e. The average Bonchev–Trinajstić information content (AvgIpc) is 3.61. The maximum absolute atomic E-state index is 6.37. The van der Waals surface area contributed by atoms with Gasteiger partial charge in [0, 0.05) is 32.3 Å². The van der Waals surface area contributed by atoms with Crippen LogP contribution in [-0.4, -0.2) is 58.5 Å². The number of fused-ring (bicyclic) bond motifs is 2. The first-order valence-corrected chi connectivity index (χ1v) is 11.8. The van der Waals surface area contributed by atoms with Gasteiger partial charge in [0.1, 0.15) is 30.4 Å². The van der Waals surface area contributed by atoms with Crippen LogP contribution in [0.4, 0.5) is 5.82 Å². The predicted molar refractivity (Wildman–Crippen MR) is 127 cm³/mol. The van der Waals surface area contributed by atoms with E-state index in [0.29, 0.717) is 11.4 Å². The smallest absolute Gasteiger partial charge is 0.245 e. The lowest BCUT2D eigenvalue weighted by Gasteiger charge is -2.18. The zero-order valence-corrected chi connectivity index (χ0v) is 19.5. The van der Waals surface area contributed by atoms with Gasteiger partial charge in [0.25, 0.3) is 0 Å². The Morgan fingerprint density at radius 1 is 1.18 bits per heavy atom. The molecule has 0 spiro atoms. The van der Waals surface area contributed by atoms with Crippen molar-refractivity contribution in [3.05, 3.63) is 36.0 Å². The third-order valence-corrected chi connectivity index (χ3v) is 7.11. The van der Waals surface area contributed by atoms with Crippen molar-refractivity contribution < 1.29 is 4.74 Å². The summed E-state index contributed by atoms with van der Waals surface area (Å²) in [4.78, 5) is 24.9. The van der Waals surface area contributed by atoms with Gasteiger partial charge in [-0.3, -0.25) is 4.68 Å². The number of ether oxygens (including phenoxy) is 1. The van der Waals surface area contributed by atoms with E-state index in [4.69, 9.17) is 9.72 Å². The van der Waals surface area contributed by atoms with E-state index in [0.717, 1.165) is 64.8 Å². The van der Waals surface area contributed by atoms with E-state index >= 15 is 0 Å². The second kappa shape index (κ2) is 7.77. The van der Waals surface area contributed by atoms with E-state index < -0.39 is 0 Å². The van der Waals surface area contributed by atoms with Crippen LogP contribution in [0.5, 0.6) is 5.88 Å². The van der Waals surface area contributed by atoms with Gasteiger partial charge in [-0.25, -0.2) is 19.9 Å². The van der Waals surface area contributed by atoms with Crippen LogP contribution in [0.3, 0.4) is 0 Å². The standard InChI is InChI=1S/C22H23N9OS/c1-4-31-13(2)15(9-27-31)19-28-17-20(29(19)3)24-12-26-22(17)32-14-5-7-30(10-14)21-18-16(6-8-33-18)23-11-25-21/h6,8-9,11-12,14H,4-5,7,10H2,1-3H3/t14-/m0/s1. The molecule has 0 unspecified atom stereocenters. The molecule has 0 saturated carbocycles. The molecule has 6 heterocycles. The molecular weight excluding hydrogens is 438 g/mol. The topological polar surface area (TPSA) is 99.7 Å². The number of hydrogen-bond donors (Lipinski definition) is 0. The Labute approximate surface area is 193 Å². The van der Waals surface area contributed by atoms with Crippen LogP contribution in [0.1, 0.15) is 19.0 Å². The minimum absolute atomic E-state index is 0.0110. The Balaban J connectivity index is 1.29. The van der Waals surface area contributed by atoms with Crippen molar-refractivity contribution in [2.45, 2.75) is 32.9 Å². The number of aryl methyl sites for hydroxylation is 2. The maximum Gasteiger partial charge on any atom is 0.245 e. The summed E-state index contributed by atoms with van der Waals surface area (Å²) < 4.78 is 11.4. The number of aromatic nitrogens is 8. The zero-order valence-electron chi connectivity index (χ0n) is 18.6. The lowest BCUT2D eigenvalue weighted by atomic mass is 10.2. The van der Waals surface area contributed by atoms with Crippen molar-refractivity contribution in [3.8, 4) is 17.3 Å². The fourth-order valence-corrected chi connectivity index (χ4v) is 5.33. The third-order valence-electron chi connectivity index (χ3n) is 6.21. The molecule has 11 heteroatoms. The molecule has 1 atom stereocenters. The van der Waals surface area contributed by atoms with E-state index in [1.165, 1.54) is 6.33 Å². The number of nitrogens with zero attached hydrogens (tertiary/aromatic N) is 9. The fraction of sp³-hybridized carbons (Fsp3) is 0.364. The van der Waals surface area contributed by atoms with Crippen molar-refractivity contribution in [3.63, 3.8) is 0 Å². The quantitative estimate of drug-likeness (QED) is 0.393. The summed E-state index contributed by atoms with van der Waals surface area (Å²) >= 11 is 1.67. The number of anilines is 1. The molecule has 33 heavy (non-hydrogen) atoms. The molecule has 5 aromatic rings. The van der Waals surface area contributed by atoms with E-state index in [1.54, 1.807) is 17.7 Å². The van der Waals surface area contributed by atoms with Crippen molar-refractivity contribution in [1.82, 2.24) is 39.3 Å². The third kappa shape index (κ3) is 3.22. The van der Waals surface area contributed by atoms with Gasteiger partial charge in [0.05, 0.1) is 28.5 Å².